The van der Waals surface area contributed by atoms with Crippen molar-refractivity contribution in [2.75, 3.05) is 11.4 Å². The summed E-state index contributed by atoms with van der Waals surface area (Å²) in [4.78, 5) is 14.4. The Balaban J connectivity index is 1.70. The monoisotopic (exact) mass is 389 g/mol. The fourth-order valence-electron chi connectivity index (χ4n) is 3.83. The fraction of sp³-hybridized carbons (Fsp3) is 0.200. The molecule has 0 amide bonds. The summed E-state index contributed by atoms with van der Waals surface area (Å²) in [6.45, 7) is 2.78. The van der Waals surface area contributed by atoms with Crippen molar-refractivity contribution in [3.05, 3.63) is 76.2 Å². The van der Waals surface area contributed by atoms with Gasteiger partial charge >= 0.3 is 0 Å². The number of imidazole rings is 1. The fourth-order valence-corrected chi connectivity index (χ4v) is 4.03. The third-order valence-corrected chi connectivity index (χ3v) is 5.33. The van der Waals surface area contributed by atoms with Crippen molar-refractivity contribution in [3.8, 4) is 6.07 Å². The van der Waals surface area contributed by atoms with E-state index in [-0.39, 0.29) is 6.04 Å². The van der Waals surface area contributed by atoms with Gasteiger partial charge in [-0.15, -0.1) is 0 Å². The van der Waals surface area contributed by atoms with Crippen molar-refractivity contribution in [2.45, 2.75) is 19.4 Å². The summed E-state index contributed by atoms with van der Waals surface area (Å²) in [6, 6.07) is 11.4. The highest BCUT2D eigenvalue weighted by molar-refractivity contribution is 6.29. The van der Waals surface area contributed by atoms with E-state index in [9.17, 15) is 5.26 Å². The average Bonchev–Trinajstić information content (AvgIpc) is 3.34. The van der Waals surface area contributed by atoms with Crippen LogP contribution in [-0.4, -0.2) is 31.1 Å². The van der Waals surface area contributed by atoms with Gasteiger partial charge in [-0.25, -0.2) is 14.5 Å². The Morgan fingerprint density at radius 1 is 1.32 bits per heavy atom. The first kappa shape index (κ1) is 16.8. The molecule has 1 aliphatic rings. The highest BCUT2D eigenvalue weighted by Crippen LogP contribution is 2.36. The number of anilines is 1. The quantitative estimate of drug-likeness (QED) is 0.531. The number of nitrogens with one attached hydrogen (secondary N) is 1. The molecule has 4 aromatic heterocycles. The van der Waals surface area contributed by atoms with Crippen LogP contribution in [0.1, 0.15) is 34.3 Å². The molecule has 8 heteroatoms. The topological polar surface area (TPSA) is 85.9 Å². The van der Waals surface area contributed by atoms with E-state index in [0.29, 0.717) is 23.1 Å². The predicted molar refractivity (Wildman–Crippen MR) is 105 cm³/mol. The average molecular weight is 390 g/mol. The number of hydrogen-bond acceptors (Lipinski definition) is 5. The summed E-state index contributed by atoms with van der Waals surface area (Å²) >= 11 is 6.18. The normalized spacial score (nSPS) is 16.2. The number of aromatic nitrogens is 5. The Labute approximate surface area is 166 Å². The van der Waals surface area contributed by atoms with Crippen LogP contribution < -0.4 is 4.90 Å². The van der Waals surface area contributed by atoms with Crippen molar-refractivity contribution in [2.24, 2.45) is 0 Å². The summed E-state index contributed by atoms with van der Waals surface area (Å²) in [7, 11) is 0. The van der Waals surface area contributed by atoms with Crippen LogP contribution in [0, 0.1) is 18.3 Å². The van der Waals surface area contributed by atoms with Crippen molar-refractivity contribution in [1.82, 2.24) is 24.6 Å². The molecule has 0 radical (unpaired) electrons. The van der Waals surface area contributed by atoms with Crippen LogP contribution >= 0.6 is 11.6 Å². The Kier molecular flexibility index (Phi) is 3.81. The first-order valence-electron chi connectivity index (χ1n) is 8.95. The van der Waals surface area contributed by atoms with Crippen molar-refractivity contribution >= 4 is 22.9 Å². The minimum Gasteiger partial charge on any atom is -0.348 e. The Bertz CT molecular complexity index is 1230. The minimum atomic E-state index is -0.216. The van der Waals surface area contributed by atoms with Crippen LogP contribution in [-0.2, 0) is 6.42 Å². The lowest BCUT2D eigenvalue weighted by molar-refractivity contribution is 0.610. The molecule has 0 saturated heterocycles. The molecule has 0 fully saturated rings. The van der Waals surface area contributed by atoms with Gasteiger partial charge in [0.25, 0.3) is 0 Å². The van der Waals surface area contributed by atoms with Crippen LogP contribution in [0.4, 0.5) is 5.82 Å². The maximum Gasteiger partial charge on any atom is 0.132 e. The van der Waals surface area contributed by atoms with Gasteiger partial charge in [0.2, 0.25) is 0 Å². The molecule has 0 unspecified atom stereocenters. The lowest BCUT2D eigenvalue weighted by atomic mass is 9.99. The number of hydrogen-bond donors (Lipinski definition) is 1. The van der Waals surface area contributed by atoms with E-state index in [4.69, 9.17) is 16.7 Å². The maximum absolute atomic E-state index is 9.33. The molecule has 1 aliphatic heterocycles. The molecule has 0 saturated carbocycles. The Hall–Kier alpha value is -3.37. The molecule has 0 aromatic carbocycles. The second-order valence-corrected chi connectivity index (χ2v) is 7.24. The van der Waals surface area contributed by atoms with Crippen LogP contribution in [0.5, 0.6) is 0 Å². The van der Waals surface area contributed by atoms with Gasteiger partial charge in [-0.05, 0) is 36.8 Å². The molecule has 1 atom stereocenters. The Morgan fingerprint density at radius 3 is 3.04 bits per heavy atom. The largest absolute Gasteiger partial charge is 0.348 e. The first-order valence-corrected chi connectivity index (χ1v) is 9.33. The number of nitrogens with zero attached hydrogens (tertiary/aromatic N) is 6. The molecule has 0 bridgehead atoms. The van der Waals surface area contributed by atoms with E-state index in [1.54, 1.807) is 18.5 Å². The third-order valence-electron chi connectivity index (χ3n) is 5.14. The number of pyridine rings is 2. The Morgan fingerprint density at radius 2 is 2.21 bits per heavy atom. The van der Waals surface area contributed by atoms with Crippen molar-refractivity contribution in [1.29, 1.82) is 5.26 Å². The summed E-state index contributed by atoms with van der Waals surface area (Å²) < 4.78 is 1.88. The van der Waals surface area contributed by atoms with Gasteiger partial charge in [0, 0.05) is 24.9 Å². The van der Waals surface area contributed by atoms with E-state index in [1.165, 1.54) is 0 Å². The van der Waals surface area contributed by atoms with E-state index >= 15 is 0 Å². The number of aryl methyl sites for hydroxylation is 1. The van der Waals surface area contributed by atoms with Gasteiger partial charge < -0.3 is 9.88 Å². The zero-order valence-corrected chi connectivity index (χ0v) is 15.9. The number of H-pyrrole nitrogens is 1. The highest BCUT2D eigenvalue weighted by Gasteiger charge is 2.34. The standard InChI is InChI=1S/C20H16ClN7/c1-12-3-2-5-28-16(12)9-15(26-28)20-19-14(23-11-24-19)4-6-27(20)18-8-13(10-22)7-17(21)25-18/h2-3,5,7-9,11,20H,4,6H2,1H3,(H,23,24)/t20-/m1/s1. The van der Waals surface area contributed by atoms with Crippen LogP contribution in [0.25, 0.3) is 5.52 Å². The minimum absolute atomic E-state index is 0.216. The molecular formula is C20H16ClN7. The van der Waals surface area contributed by atoms with Crippen LogP contribution in [0.2, 0.25) is 5.15 Å². The molecule has 0 aliphatic carbocycles. The number of halogens is 1. The van der Waals surface area contributed by atoms with Gasteiger partial charge in [-0.1, -0.05) is 17.7 Å². The van der Waals surface area contributed by atoms with Crippen molar-refractivity contribution < 1.29 is 0 Å². The second-order valence-electron chi connectivity index (χ2n) is 6.85. The molecule has 1 N–H and O–H groups in total. The second kappa shape index (κ2) is 6.36. The molecular weight excluding hydrogens is 374 g/mol. The molecule has 0 spiro atoms. The van der Waals surface area contributed by atoms with E-state index in [1.807, 2.05) is 16.8 Å². The zero-order chi connectivity index (χ0) is 19.3. The summed E-state index contributed by atoms with van der Waals surface area (Å²) in [6.07, 6.45) is 4.46. The summed E-state index contributed by atoms with van der Waals surface area (Å²) in [5, 5.41) is 14.4. The van der Waals surface area contributed by atoms with Gasteiger partial charge in [-0.2, -0.15) is 10.4 Å². The van der Waals surface area contributed by atoms with Crippen LogP contribution in [0.3, 0.4) is 0 Å². The van der Waals surface area contributed by atoms with Gasteiger partial charge in [0.1, 0.15) is 17.0 Å². The summed E-state index contributed by atoms with van der Waals surface area (Å²) in [5.74, 6) is 0.650. The summed E-state index contributed by atoms with van der Waals surface area (Å²) in [5.41, 5.74) is 5.58. The van der Waals surface area contributed by atoms with E-state index in [0.717, 1.165) is 34.6 Å². The lowest BCUT2D eigenvalue weighted by Gasteiger charge is -2.35. The molecule has 28 heavy (non-hydrogen) atoms. The zero-order valence-electron chi connectivity index (χ0n) is 15.1. The molecule has 7 nitrogen and oxygen atoms in total. The highest BCUT2D eigenvalue weighted by atomic mass is 35.5. The molecule has 5 rings (SSSR count). The van der Waals surface area contributed by atoms with E-state index < -0.39 is 0 Å². The maximum atomic E-state index is 9.33. The predicted octanol–water partition coefficient (Wildman–Crippen LogP) is 3.44. The molecule has 138 valence electrons. The first-order chi connectivity index (χ1) is 13.6. The number of fused-ring (bicyclic) bond motifs is 2. The number of aromatic amines is 1. The number of nitriles is 1. The molecule has 5 heterocycles. The van der Waals surface area contributed by atoms with Crippen molar-refractivity contribution in [3.63, 3.8) is 0 Å². The van der Waals surface area contributed by atoms with Crippen LogP contribution in [0.15, 0.2) is 42.9 Å². The lowest BCUT2D eigenvalue weighted by Crippen LogP contribution is -2.37. The van der Waals surface area contributed by atoms with Gasteiger partial charge in [-0.3, -0.25) is 0 Å². The van der Waals surface area contributed by atoms with Gasteiger partial charge in [0.05, 0.1) is 34.9 Å². The molecule has 4 aromatic rings. The SMILES string of the molecule is Cc1cccn2nc([C@@H]3c4nc[nH]c4CCN3c3cc(C#N)cc(Cl)n3)cc12. The van der Waals surface area contributed by atoms with Gasteiger partial charge in [0.15, 0.2) is 0 Å². The van der Waals surface area contributed by atoms with E-state index in [2.05, 4.69) is 45.0 Å². The number of rotatable bonds is 2. The third kappa shape index (κ3) is 2.62. The smallest absolute Gasteiger partial charge is 0.132 e.